The number of hydrogen-bond donors (Lipinski definition) is 3. The van der Waals surface area contributed by atoms with Crippen LogP contribution in [0.25, 0.3) is 0 Å². The molecule has 4 N–H and O–H groups in total. The molecule has 0 aromatic heterocycles. The summed E-state index contributed by atoms with van der Waals surface area (Å²) in [5, 5.41) is 5.61. The number of nitrogen functional groups attached to an aromatic ring is 1. The monoisotopic (exact) mass is 341 g/mol. The lowest BCUT2D eigenvalue weighted by molar-refractivity contribution is 0.0943. The molecule has 2 rings (SSSR count). The van der Waals surface area contributed by atoms with Crippen molar-refractivity contribution in [2.45, 2.75) is 13.3 Å². The smallest absolute Gasteiger partial charge is 0.255 e. The van der Waals surface area contributed by atoms with Crippen LogP contribution in [0.1, 0.15) is 34.1 Å². The maximum absolute atomic E-state index is 12.2. The van der Waals surface area contributed by atoms with Crippen LogP contribution < -0.4 is 16.4 Å². The van der Waals surface area contributed by atoms with Gasteiger partial charge in [-0.25, -0.2) is 0 Å². The minimum Gasteiger partial charge on any atom is -0.399 e. The van der Waals surface area contributed by atoms with Crippen molar-refractivity contribution in [3.05, 3.63) is 59.7 Å². The van der Waals surface area contributed by atoms with E-state index in [2.05, 4.69) is 10.6 Å². The molecule has 0 aliphatic carbocycles. The van der Waals surface area contributed by atoms with E-state index in [9.17, 15) is 9.59 Å². The summed E-state index contributed by atoms with van der Waals surface area (Å²) in [4.78, 5) is 24.4. The quantitative estimate of drug-likeness (QED) is 0.508. The Morgan fingerprint density at radius 1 is 1.04 bits per heavy atom. The number of ether oxygens (including phenoxy) is 1. The summed E-state index contributed by atoms with van der Waals surface area (Å²) in [5.41, 5.74) is 7.76. The van der Waals surface area contributed by atoms with Crippen molar-refractivity contribution in [2.24, 2.45) is 0 Å². The number of rotatable bonds is 8. The van der Waals surface area contributed by atoms with Crippen LogP contribution in [0.3, 0.4) is 0 Å². The Labute approximate surface area is 147 Å². The van der Waals surface area contributed by atoms with Crippen LogP contribution in [-0.4, -0.2) is 31.6 Å². The first kappa shape index (κ1) is 18.5. The first-order valence-corrected chi connectivity index (χ1v) is 8.23. The molecule has 132 valence electrons. The average molecular weight is 341 g/mol. The third kappa shape index (κ3) is 5.93. The normalized spacial score (nSPS) is 10.3. The zero-order chi connectivity index (χ0) is 18.1. The molecule has 0 aliphatic rings. The lowest BCUT2D eigenvalue weighted by Gasteiger charge is -2.09. The molecule has 2 aromatic rings. The zero-order valence-electron chi connectivity index (χ0n) is 14.2. The first-order valence-electron chi connectivity index (χ1n) is 8.23. The summed E-state index contributed by atoms with van der Waals surface area (Å²) in [6.07, 6.45) is 0.757. The van der Waals surface area contributed by atoms with Crippen molar-refractivity contribution in [3.8, 4) is 0 Å². The van der Waals surface area contributed by atoms with Crippen LogP contribution in [0.2, 0.25) is 0 Å². The van der Waals surface area contributed by atoms with E-state index in [4.69, 9.17) is 10.5 Å². The Kier molecular flexibility index (Phi) is 6.98. The molecule has 0 saturated carbocycles. The van der Waals surface area contributed by atoms with Gasteiger partial charge in [-0.05, 0) is 55.8 Å². The van der Waals surface area contributed by atoms with Gasteiger partial charge in [0.15, 0.2) is 0 Å². The van der Waals surface area contributed by atoms with Crippen LogP contribution in [0.15, 0.2) is 48.5 Å². The summed E-state index contributed by atoms with van der Waals surface area (Å²) < 4.78 is 5.23. The molecule has 0 bridgehead atoms. The average Bonchev–Trinajstić information content (AvgIpc) is 2.62. The summed E-state index contributed by atoms with van der Waals surface area (Å²) in [7, 11) is 0. The van der Waals surface area contributed by atoms with Gasteiger partial charge in [-0.3, -0.25) is 9.59 Å². The maximum Gasteiger partial charge on any atom is 0.255 e. The molecule has 2 amide bonds. The maximum atomic E-state index is 12.2. The van der Waals surface area contributed by atoms with Crippen molar-refractivity contribution in [1.29, 1.82) is 0 Å². The Hall–Kier alpha value is -2.86. The highest BCUT2D eigenvalue weighted by molar-refractivity contribution is 6.05. The van der Waals surface area contributed by atoms with Crippen molar-refractivity contribution in [1.82, 2.24) is 5.32 Å². The van der Waals surface area contributed by atoms with Gasteiger partial charge in [-0.15, -0.1) is 0 Å². The lowest BCUT2D eigenvalue weighted by atomic mass is 10.1. The Bertz CT molecular complexity index is 714. The fourth-order valence-electron chi connectivity index (χ4n) is 2.20. The summed E-state index contributed by atoms with van der Waals surface area (Å²) in [6, 6.07) is 13.5. The molecule has 0 saturated heterocycles. The fraction of sp³-hybridized carbons (Fsp3) is 0.263. The van der Waals surface area contributed by atoms with Crippen molar-refractivity contribution >= 4 is 23.2 Å². The largest absolute Gasteiger partial charge is 0.399 e. The van der Waals surface area contributed by atoms with Gasteiger partial charge in [0.1, 0.15) is 0 Å². The van der Waals surface area contributed by atoms with Gasteiger partial charge >= 0.3 is 0 Å². The first-order chi connectivity index (χ1) is 12.1. The number of carbonyl (C=O) groups excluding carboxylic acids is 2. The number of anilines is 2. The molecular weight excluding hydrogens is 318 g/mol. The molecule has 0 atom stereocenters. The molecule has 2 aromatic carbocycles. The van der Waals surface area contributed by atoms with Gasteiger partial charge in [-0.2, -0.15) is 0 Å². The van der Waals surface area contributed by atoms with Gasteiger partial charge in [0.2, 0.25) is 0 Å². The number of amides is 2. The van der Waals surface area contributed by atoms with Gasteiger partial charge in [0.25, 0.3) is 11.8 Å². The van der Waals surface area contributed by atoms with E-state index in [-0.39, 0.29) is 11.8 Å². The van der Waals surface area contributed by atoms with E-state index in [1.54, 1.807) is 48.5 Å². The fourth-order valence-corrected chi connectivity index (χ4v) is 2.20. The molecule has 6 heteroatoms. The number of hydrogen-bond acceptors (Lipinski definition) is 4. The van der Waals surface area contributed by atoms with Crippen LogP contribution in [0.5, 0.6) is 0 Å². The Morgan fingerprint density at radius 2 is 1.80 bits per heavy atom. The summed E-state index contributed by atoms with van der Waals surface area (Å²) in [5.74, 6) is -0.436. The van der Waals surface area contributed by atoms with E-state index in [1.807, 2.05) is 6.92 Å². The van der Waals surface area contributed by atoms with Crippen LogP contribution >= 0.6 is 0 Å². The molecule has 0 radical (unpaired) electrons. The molecule has 0 heterocycles. The highest BCUT2D eigenvalue weighted by Crippen LogP contribution is 2.13. The third-order valence-electron chi connectivity index (χ3n) is 3.51. The van der Waals surface area contributed by atoms with Gasteiger partial charge in [0.05, 0.1) is 0 Å². The SMILES string of the molecule is CCOCCCNC(=O)c1cccc(NC(=O)c2ccc(N)cc2)c1. The van der Waals surface area contributed by atoms with Gasteiger partial charge < -0.3 is 21.1 Å². The predicted molar refractivity (Wildman–Crippen MR) is 98.7 cm³/mol. The molecule has 0 spiro atoms. The highest BCUT2D eigenvalue weighted by atomic mass is 16.5. The number of nitrogens with two attached hydrogens (primary N) is 1. The Morgan fingerprint density at radius 3 is 2.52 bits per heavy atom. The molecule has 25 heavy (non-hydrogen) atoms. The second-order valence-corrected chi connectivity index (χ2v) is 5.46. The van der Waals surface area contributed by atoms with Crippen LogP contribution in [0.4, 0.5) is 11.4 Å². The molecule has 0 fully saturated rings. The van der Waals surface area contributed by atoms with Crippen molar-refractivity contribution in [3.63, 3.8) is 0 Å². The second kappa shape index (κ2) is 9.44. The van der Waals surface area contributed by atoms with E-state index >= 15 is 0 Å². The number of carbonyl (C=O) groups is 2. The lowest BCUT2D eigenvalue weighted by Crippen LogP contribution is -2.25. The van der Waals surface area contributed by atoms with E-state index in [0.29, 0.717) is 42.3 Å². The Balaban J connectivity index is 1.92. The van der Waals surface area contributed by atoms with Crippen LogP contribution in [0, 0.1) is 0 Å². The standard InChI is InChI=1S/C19H23N3O3/c1-2-25-12-4-11-21-18(23)15-5-3-6-17(13-15)22-19(24)14-7-9-16(20)10-8-14/h3,5-10,13H,2,4,11-12,20H2,1H3,(H,21,23)(H,22,24). The second-order valence-electron chi connectivity index (χ2n) is 5.46. The number of nitrogens with one attached hydrogen (secondary N) is 2. The van der Waals surface area contributed by atoms with Crippen molar-refractivity contribution in [2.75, 3.05) is 30.8 Å². The minimum absolute atomic E-state index is 0.180. The van der Waals surface area contributed by atoms with Crippen molar-refractivity contribution < 1.29 is 14.3 Å². The van der Waals surface area contributed by atoms with Crippen LogP contribution in [-0.2, 0) is 4.74 Å². The molecule has 6 nitrogen and oxygen atoms in total. The van der Waals surface area contributed by atoms with E-state index in [0.717, 1.165) is 6.42 Å². The van der Waals surface area contributed by atoms with E-state index in [1.165, 1.54) is 0 Å². The summed E-state index contributed by atoms with van der Waals surface area (Å²) in [6.45, 7) is 3.77. The summed E-state index contributed by atoms with van der Waals surface area (Å²) >= 11 is 0. The predicted octanol–water partition coefficient (Wildman–Crippen LogP) is 2.68. The topological polar surface area (TPSA) is 93.5 Å². The van der Waals surface area contributed by atoms with Gasteiger partial charge in [0, 0.05) is 42.3 Å². The van der Waals surface area contributed by atoms with Gasteiger partial charge in [-0.1, -0.05) is 6.07 Å². The molecular formula is C19H23N3O3. The van der Waals surface area contributed by atoms with E-state index < -0.39 is 0 Å². The zero-order valence-corrected chi connectivity index (χ0v) is 14.2. The minimum atomic E-state index is -0.255. The highest BCUT2D eigenvalue weighted by Gasteiger charge is 2.09. The molecule has 0 unspecified atom stereocenters. The molecule has 0 aliphatic heterocycles. The third-order valence-corrected chi connectivity index (χ3v) is 3.51. The number of benzene rings is 2.